The summed E-state index contributed by atoms with van der Waals surface area (Å²) in [6.07, 6.45) is 0. The summed E-state index contributed by atoms with van der Waals surface area (Å²) in [7, 11) is 0. The van der Waals surface area contributed by atoms with Crippen molar-refractivity contribution in [2.45, 2.75) is 44.5 Å². The van der Waals surface area contributed by atoms with Gasteiger partial charge in [-0.05, 0) is 43.9 Å². The lowest BCUT2D eigenvalue weighted by Crippen LogP contribution is -2.49. The van der Waals surface area contributed by atoms with Crippen LogP contribution in [0, 0.1) is 31.1 Å². The Morgan fingerprint density at radius 3 is 2.70 bits per heavy atom. The molecule has 1 unspecified atom stereocenters. The molecule has 6 nitrogen and oxygen atoms in total. The summed E-state index contributed by atoms with van der Waals surface area (Å²) in [5, 5.41) is 24.7. The molecular formula is C18H22ClN5OS2. The summed E-state index contributed by atoms with van der Waals surface area (Å²) < 4.78 is 0.664. The van der Waals surface area contributed by atoms with Crippen molar-refractivity contribution in [3.05, 3.63) is 28.3 Å². The quantitative estimate of drug-likeness (QED) is 0.627. The zero-order valence-corrected chi connectivity index (χ0v) is 18.3. The normalized spacial score (nSPS) is 13.1. The van der Waals surface area contributed by atoms with E-state index < -0.39 is 5.54 Å². The molecule has 0 aliphatic carbocycles. The SMILES string of the molecule is Cc1cc(C)c(Nc2nnc(SCC(=O)NC(C)(C#N)C(C)C)s2)c(Cl)c1. The Morgan fingerprint density at radius 2 is 2.11 bits per heavy atom. The van der Waals surface area contributed by atoms with Crippen molar-refractivity contribution in [2.24, 2.45) is 5.92 Å². The lowest BCUT2D eigenvalue weighted by molar-refractivity contribution is -0.120. The molecule has 0 saturated heterocycles. The Labute approximate surface area is 172 Å². The van der Waals surface area contributed by atoms with E-state index in [9.17, 15) is 10.1 Å². The maximum Gasteiger partial charge on any atom is 0.231 e. The van der Waals surface area contributed by atoms with Gasteiger partial charge in [0.2, 0.25) is 11.0 Å². The Bertz CT molecular complexity index is 854. The molecule has 0 spiro atoms. The molecule has 27 heavy (non-hydrogen) atoms. The van der Waals surface area contributed by atoms with Crippen molar-refractivity contribution >= 4 is 51.4 Å². The number of carbonyl (C=O) groups is 1. The summed E-state index contributed by atoms with van der Waals surface area (Å²) in [6, 6.07) is 6.09. The number of rotatable bonds is 7. The van der Waals surface area contributed by atoms with Crippen LogP contribution in [0.4, 0.5) is 10.8 Å². The number of halogens is 1. The molecular weight excluding hydrogens is 402 g/mol. The molecule has 1 aromatic carbocycles. The Balaban J connectivity index is 1.97. The molecule has 9 heteroatoms. The molecule has 0 saturated carbocycles. The van der Waals surface area contributed by atoms with E-state index in [1.807, 2.05) is 39.8 Å². The van der Waals surface area contributed by atoms with Crippen LogP contribution in [0.2, 0.25) is 5.02 Å². The van der Waals surface area contributed by atoms with Crippen LogP contribution in [0.3, 0.4) is 0 Å². The van der Waals surface area contributed by atoms with E-state index in [1.54, 1.807) is 6.92 Å². The van der Waals surface area contributed by atoms with Crippen molar-refractivity contribution in [3.8, 4) is 6.07 Å². The standard InChI is InChI=1S/C18H22ClN5OS2/c1-10(2)18(5,9-20)22-14(25)8-26-17-24-23-16(27-17)21-15-12(4)6-11(3)7-13(15)19/h6-7,10H,8H2,1-5H3,(H,21,23)(H,22,25). The van der Waals surface area contributed by atoms with Crippen LogP contribution >= 0.6 is 34.7 Å². The number of thioether (sulfide) groups is 1. The predicted molar refractivity (Wildman–Crippen MR) is 112 cm³/mol. The van der Waals surface area contributed by atoms with E-state index in [4.69, 9.17) is 11.6 Å². The Morgan fingerprint density at radius 1 is 1.41 bits per heavy atom. The van der Waals surface area contributed by atoms with Gasteiger partial charge in [-0.15, -0.1) is 10.2 Å². The van der Waals surface area contributed by atoms with Crippen LogP contribution in [0.15, 0.2) is 16.5 Å². The molecule has 0 aliphatic rings. The molecule has 2 rings (SSSR count). The van der Waals surface area contributed by atoms with Gasteiger partial charge in [0, 0.05) is 0 Å². The number of amides is 1. The minimum atomic E-state index is -0.884. The average Bonchev–Trinajstić information content (AvgIpc) is 3.03. The molecule has 1 aromatic heterocycles. The second-order valence-electron chi connectivity index (χ2n) is 6.74. The maximum atomic E-state index is 12.2. The Hall–Kier alpha value is -1.82. The first-order valence-corrected chi connectivity index (χ1v) is 10.5. The third-order valence-corrected chi connectivity index (χ3v) is 6.45. The number of hydrogen-bond acceptors (Lipinski definition) is 7. The fraction of sp³-hybridized carbons (Fsp3) is 0.444. The first kappa shape index (κ1) is 21.5. The first-order chi connectivity index (χ1) is 12.6. The Kier molecular flexibility index (Phi) is 7.09. The monoisotopic (exact) mass is 423 g/mol. The van der Waals surface area contributed by atoms with E-state index in [2.05, 4.69) is 26.9 Å². The average molecular weight is 424 g/mol. The second-order valence-corrected chi connectivity index (χ2v) is 9.35. The van der Waals surface area contributed by atoms with Gasteiger partial charge in [0.15, 0.2) is 4.34 Å². The lowest BCUT2D eigenvalue weighted by atomic mass is 9.90. The number of nitrogens with one attached hydrogen (secondary N) is 2. The van der Waals surface area contributed by atoms with E-state index in [0.29, 0.717) is 14.5 Å². The molecule has 0 bridgehead atoms. The van der Waals surface area contributed by atoms with Crippen molar-refractivity contribution < 1.29 is 4.79 Å². The highest BCUT2D eigenvalue weighted by Gasteiger charge is 2.29. The molecule has 0 fully saturated rings. The highest BCUT2D eigenvalue weighted by atomic mass is 35.5. The van der Waals surface area contributed by atoms with Crippen molar-refractivity contribution in [2.75, 3.05) is 11.1 Å². The van der Waals surface area contributed by atoms with Crippen molar-refractivity contribution in [3.63, 3.8) is 0 Å². The number of nitrogens with zero attached hydrogens (tertiary/aromatic N) is 3. The molecule has 0 radical (unpaired) electrons. The van der Waals surface area contributed by atoms with Gasteiger partial charge < -0.3 is 10.6 Å². The van der Waals surface area contributed by atoms with Gasteiger partial charge >= 0.3 is 0 Å². The zero-order valence-electron chi connectivity index (χ0n) is 15.9. The highest BCUT2D eigenvalue weighted by molar-refractivity contribution is 8.01. The van der Waals surface area contributed by atoms with E-state index in [0.717, 1.165) is 16.8 Å². The van der Waals surface area contributed by atoms with E-state index >= 15 is 0 Å². The van der Waals surface area contributed by atoms with Gasteiger partial charge in [0.1, 0.15) is 5.54 Å². The van der Waals surface area contributed by atoms with Gasteiger partial charge in [0.05, 0.1) is 22.5 Å². The van der Waals surface area contributed by atoms with Crippen molar-refractivity contribution in [1.29, 1.82) is 5.26 Å². The van der Waals surface area contributed by atoms with Crippen LogP contribution in [0.1, 0.15) is 31.9 Å². The van der Waals surface area contributed by atoms with E-state index in [-0.39, 0.29) is 17.6 Å². The fourth-order valence-corrected chi connectivity index (χ4v) is 4.18. The number of nitriles is 1. The fourth-order valence-electron chi connectivity index (χ4n) is 2.25. The maximum absolute atomic E-state index is 12.2. The van der Waals surface area contributed by atoms with Crippen LogP contribution in [-0.4, -0.2) is 27.4 Å². The molecule has 1 amide bonds. The number of aryl methyl sites for hydroxylation is 2. The van der Waals surface area contributed by atoms with Crippen molar-refractivity contribution in [1.82, 2.24) is 15.5 Å². The van der Waals surface area contributed by atoms with E-state index in [1.165, 1.54) is 23.1 Å². The number of carbonyl (C=O) groups excluding carboxylic acids is 1. The summed E-state index contributed by atoms with van der Waals surface area (Å²) in [4.78, 5) is 12.2. The number of hydrogen-bond donors (Lipinski definition) is 2. The minimum Gasteiger partial charge on any atom is -0.337 e. The van der Waals surface area contributed by atoms with Crippen LogP contribution in [0.5, 0.6) is 0 Å². The predicted octanol–water partition coefficient (Wildman–Crippen LogP) is 4.70. The molecule has 1 atom stereocenters. The summed E-state index contributed by atoms with van der Waals surface area (Å²) in [5.41, 5.74) is 2.03. The highest BCUT2D eigenvalue weighted by Crippen LogP contribution is 2.33. The van der Waals surface area contributed by atoms with Gasteiger partial charge in [-0.3, -0.25) is 4.79 Å². The van der Waals surface area contributed by atoms with Gasteiger partial charge in [-0.2, -0.15) is 5.26 Å². The smallest absolute Gasteiger partial charge is 0.231 e. The van der Waals surface area contributed by atoms with Gasteiger partial charge in [-0.1, -0.05) is 54.6 Å². The lowest BCUT2D eigenvalue weighted by Gasteiger charge is -2.27. The molecule has 144 valence electrons. The zero-order chi connectivity index (χ0) is 20.2. The summed E-state index contributed by atoms with van der Waals surface area (Å²) in [6.45, 7) is 9.49. The third kappa shape index (κ3) is 5.58. The largest absolute Gasteiger partial charge is 0.337 e. The topological polar surface area (TPSA) is 90.7 Å². The second kappa shape index (κ2) is 8.91. The number of anilines is 2. The molecule has 1 heterocycles. The summed E-state index contributed by atoms with van der Waals surface area (Å²) >= 11 is 8.94. The molecule has 2 aromatic rings. The van der Waals surface area contributed by atoms with Crippen LogP contribution in [0.25, 0.3) is 0 Å². The van der Waals surface area contributed by atoms with Crippen LogP contribution < -0.4 is 10.6 Å². The molecule has 0 aliphatic heterocycles. The minimum absolute atomic E-state index is 0.0104. The number of aromatic nitrogens is 2. The number of benzene rings is 1. The third-order valence-electron chi connectivity index (χ3n) is 4.18. The molecule has 2 N–H and O–H groups in total. The van der Waals surface area contributed by atoms with Gasteiger partial charge in [-0.25, -0.2) is 0 Å². The first-order valence-electron chi connectivity index (χ1n) is 8.37. The van der Waals surface area contributed by atoms with Crippen LogP contribution in [-0.2, 0) is 4.79 Å². The summed E-state index contributed by atoms with van der Waals surface area (Å²) in [5.74, 6) is -0.0284. The van der Waals surface area contributed by atoms with Gasteiger partial charge in [0.25, 0.3) is 0 Å².